The summed E-state index contributed by atoms with van der Waals surface area (Å²) in [5.74, 6) is -0.412. The highest BCUT2D eigenvalue weighted by Crippen LogP contribution is 2.36. The molecule has 5 aromatic rings. The van der Waals surface area contributed by atoms with Gasteiger partial charge in [-0.05, 0) is 85.2 Å². The predicted octanol–water partition coefficient (Wildman–Crippen LogP) is 5.83. The zero-order chi connectivity index (χ0) is 38.7. The van der Waals surface area contributed by atoms with Crippen LogP contribution in [-0.4, -0.2) is 85.4 Å². The van der Waals surface area contributed by atoms with Crippen molar-refractivity contribution in [3.05, 3.63) is 93.1 Å². The van der Waals surface area contributed by atoms with Crippen molar-refractivity contribution in [2.75, 3.05) is 41.7 Å². The van der Waals surface area contributed by atoms with Gasteiger partial charge >= 0.3 is 0 Å². The molecule has 0 bridgehead atoms. The van der Waals surface area contributed by atoms with E-state index in [-0.39, 0.29) is 12.8 Å². The van der Waals surface area contributed by atoms with Crippen LogP contribution in [0.4, 0.5) is 28.8 Å². The maximum absolute atomic E-state index is 13.4. The van der Waals surface area contributed by atoms with Crippen LogP contribution in [0, 0.1) is 5.92 Å². The Bertz CT molecular complexity index is 2430. The predicted molar refractivity (Wildman–Crippen MR) is 213 cm³/mol. The van der Waals surface area contributed by atoms with E-state index in [4.69, 9.17) is 28.2 Å². The van der Waals surface area contributed by atoms with E-state index in [0.29, 0.717) is 50.2 Å². The van der Waals surface area contributed by atoms with Gasteiger partial charge in [0.1, 0.15) is 6.04 Å². The Balaban J connectivity index is 0.811. The van der Waals surface area contributed by atoms with Gasteiger partial charge in [0.05, 0.1) is 32.2 Å². The van der Waals surface area contributed by atoms with Gasteiger partial charge < -0.3 is 15.5 Å². The van der Waals surface area contributed by atoms with E-state index < -0.39 is 29.7 Å². The molecule has 2 fully saturated rings. The molecule has 1 unspecified atom stereocenters. The number of fused-ring (bicyclic) bond motifs is 3. The molecule has 0 spiro atoms. The van der Waals surface area contributed by atoms with Crippen LogP contribution in [-0.2, 0) is 29.6 Å². The molecule has 2 aromatic heterocycles. The Morgan fingerprint density at radius 2 is 1.64 bits per heavy atom. The van der Waals surface area contributed by atoms with Crippen LogP contribution in [0.15, 0.2) is 60.8 Å². The molecule has 0 aliphatic carbocycles. The van der Waals surface area contributed by atoms with Crippen molar-refractivity contribution in [2.45, 2.75) is 44.7 Å². The number of aromatic nitrogens is 4. The van der Waals surface area contributed by atoms with Gasteiger partial charge in [-0.1, -0.05) is 35.3 Å². The van der Waals surface area contributed by atoms with Crippen LogP contribution >= 0.6 is 23.2 Å². The summed E-state index contributed by atoms with van der Waals surface area (Å²) in [5, 5.41) is 15.2. The summed E-state index contributed by atoms with van der Waals surface area (Å²) >= 11 is 12.8. The maximum Gasteiger partial charge on any atom is 0.262 e. The molecule has 4 aliphatic rings. The van der Waals surface area contributed by atoms with Gasteiger partial charge in [0.25, 0.3) is 11.8 Å². The standard InChI is InChI=1S/C40H38Cl2N10O4/c1-49-36-29(35(48-49)46-34-30(41)3-2-4-31(34)42)19-43-40(47-36)44-25-6-5-23-13-14-50(21-24(23)17-25)20-22-11-15-51(16-12-22)26-7-8-27-28(18-26)39(56)52(38(27)55)32-9-10-33(53)45-37(32)54/h2-8,17-19,22,32H,9-16,20-21H2,1H3,(H,46,48)(H,43,44,47)(H,45,53,54). The summed E-state index contributed by atoms with van der Waals surface area (Å²) in [4.78, 5) is 65.8. The lowest BCUT2D eigenvalue weighted by Crippen LogP contribution is -2.54. The topological polar surface area (TPSA) is 158 Å². The van der Waals surface area contributed by atoms with Gasteiger partial charge in [0.15, 0.2) is 11.5 Å². The molecule has 16 heteroatoms. The van der Waals surface area contributed by atoms with E-state index in [1.807, 2.05) is 13.1 Å². The Labute approximate surface area is 332 Å². The number of carbonyl (C=O) groups excluding carboxylic acids is 4. The highest BCUT2D eigenvalue weighted by atomic mass is 35.5. The minimum Gasteiger partial charge on any atom is -0.371 e. The van der Waals surface area contributed by atoms with Crippen LogP contribution in [0.3, 0.4) is 0 Å². The van der Waals surface area contributed by atoms with Crippen molar-refractivity contribution in [1.82, 2.24) is 34.9 Å². The highest BCUT2D eigenvalue weighted by Gasteiger charge is 2.45. The third-order valence-electron chi connectivity index (χ3n) is 11.3. The molecule has 56 heavy (non-hydrogen) atoms. The normalized spacial score (nSPS) is 19.0. The fraction of sp³-hybridized carbons (Fsp3) is 0.325. The van der Waals surface area contributed by atoms with Crippen molar-refractivity contribution in [2.24, 2.45) is 13.0 Å². The SMILES string of the molecule is Cn1nc(Nc2c(Cl)cccc2Cl)c2cnc(Nc3ccc4c(c3)CN(CC3CCN(c5ccc6c(c5)C(=O)N(C5CCC(=O)NC5=O)C6=O)CC3)CC4)nc21. The third kappa shape index (κ3) is 6.71. The first-order valence-corrected chi connectivity index (χ1v) is 19.5. The lowest BCUT2D eigenvalue weighted by Gasteiger charge is -2.37. The molecule has 4 aliphatic heterocycles. The number of benzene rings is 3. The first-order chi connectivity index (χ1) is 27.1. The van der Waals surface area contributed by atoms with Gasteiger partial charge in [0.2, 0.25) is 17.8 Å². The maximum atomic E-state index is 13.4. The van der Waals surface area contributed by atoms with E-state index in [0.717, 1.165) is 73.6 Å². The second-order valence-corrected chi connectivity index (χ2v) is 15.6. The van der Waals surface area contributed by atoms with E-state index in [9.17, 15) is 19.2 Å². The molecule has 286 valence electrons. The van der Waals surface area contributed by atoms with Crippen molar-refractivity contribution in [3.63, 3.8) is 0 Å². The molecule has 3 aromatic carbocycles. The van der Waals surface area contributed by atoms with E-state index in [1.54, 1.807) is 41.2 Å². The first kappa shape index (κ1) is 36.1. The number of hydrogen-bond donors (Lipinski definition) is 3. The Hall–Kier alpha value is -5.57. The number of anilines is 5. The number of aryl methyl sites for hydroxylation is 1. The van der Waals surface area contributed by atoms with Crippen molar-refractivity contribution in [3.8, 4) is 0 Å². The number of halogens is 2. The highest BCUT2D eigenvalue weighted by molar-refractivity contribution is 6.39. The van der Waals surface area contributed by atoms with Gasteiger partial charge in [-0.2, -0.15) is 10.1 Å². The summed E-state index contributed by atoms with van der Waals surface area (Å²) in [6.07, 6.45) is 4.96. The van der Waals surface area contributed by atoms with Crippen LogP contribution in [0.25, 0.3) is 11.0 Å². The van der Waals surface area contributed by atoms with Crippen molar-refractivity contribution < 1.29 is 19.2 Å². The average molecular weight is 794 g/mol. The second kappa shape index (κ2) is 14.5. The van der Waals surface area contributed by atoms with Crippen LogP contribution in [0.1, 0.15) is 57.5 Å². The Morgan fingerprint density at radius 1 is 0.857 bits per heavy atom. The molecule has 2 saturated heterocycles. The fourth-order valence-electron chi connectivity index (χ4n) is 8.30. The molecule has 0 saturated carbocycles. The molecule has 3 N–H and O–H groups in total. The Morgan fingerprint density at radius 3 is 2.43 bits per heavy atom. The molecule has 6 heterocycles. The minimum absolute atomic E-state index is 0.0928. The number of rotatable bonds is 8. The van der Waals surface area contributed by atoms with Crippen molar-refractivity contribution >= 4 is 86.7 Å². The number of nitrogens with zero attached hydrogens (tertiary/aromatic N) is 7. The fourth-order valence-corrected chi connectivity index (χ4v) is 8.79. The van der Waals surface area contributed by atoms with Gasteiger partial charge in [-0.3, -0.25) is 34.3 Å². The summed E-state index contributed by atoms with van der Waals surface area (Å²) < 4.78 is 1.69. The number of piperidine rings is 2. The van der Waals surface area contributed by atoms with Crippen LogP contribution in [0.5, 0.6) is 0 Å². The second-order valence-electron chi connectivity index (χ2n) is 14.8. The molecule has 9 rings (SSSR count). The molecule has 0 radical (unpaired) electrons. The summed E-state index contributed by atoms with van der Waals surface area (Å²) in [6.45, 7) is 4.54. The monoisotopic (exact) mass is 792 g/mol. The number of carbonyl (C=O) groups is 4. The number of nitrogens with one attached hydrogen (secondary N) is 3. The molecule has 4 amide bonds. The number of amides is 4. The summed E-state index contributed by atoms with van der Waals surface area (Å²) in [7, 11) is 1.83. The smallest absolute Gasteiger partial charge is 0.262 e. The van der Waals surface area contributed by atoms with E-state index in [2.05, 4.69) is 54.0 Å². The third-order valence-corrected chi connectivity index (χ3v) is 11.9. The van der Waals surface area contributed by atoms with E-state index >= 15 is 0 Å². The first-order valence-electron chi connectivity index (χ1n) is 18.7. The zero-order valence-electron chi connectivity index (χ0n) is 30.5. The zero-order valence-corrected chi connectivity index (χ0v) is 32.0. The molecular weight excluding hydrogens is 755 g/mol. The number of hydrogen-bond acceptors (Lipinski definition) is 11. The van der Waals surface area contributed by atoms with Gasteiger partial charge in [0, 0.05) is 63.8 Å². The summed E-state index contributed by atoms with van der Waals surface area (Å²) in [6, 6.07) is 16.1. The van der Waals surface area contributed by atoms with Crippen LogP contribution in [0.2, 0.25) is 10.0 Å². The number of imide groups is 2. The van der Waals surface area contributed by atoms with Crippen molar-refractivity contribution in [1.29, 1.82) is 0 Å². The molecular formula is C40H38Cl2N10O4. The quantitative estimate of drug-likeness (QED) is 0.162. The van der Waals surface area contributed by atoms with E-state index in [1.165, 1.54) is 11.1 Å². The largest absolute Gasteiger partial charge is 0.371 e. The molecule has 1 atom stereocenters. The minimum atomic E-state index is -0.972. The molecule has 14 nitrogen and oxygen atoms in total. The summed E-state index contributed by atoms with van der Waals surface area (Å²) in [5.41, 5.74) is 6.27. The van der Waals surface area contributed by atoms with Gasteiger partial charge in [-0.25, -0.2) is 9.67 Å². The number of para-hydroxylation sites is 1. The average Bonchev–Trinajstić information content (AvgIpc) is 3.63. The van der Waals surface area contributed by atoms with Gasteiger partial charge in [-0.15, -0.1) is 0 Å². The lowest BCUT2D eigenvalue weighted by atomic mass is 9.93. The lowest BCUT2D eigenvalue weighted by molar-refractivity contribution is -0.136. The Kier molecular flexibility index (Phi) is 9.34. The van der Waals surface area contributed by atoms with Crippen LogP contribution < -0.4 is 20.9 Å².